The van der Waals surface area contributed by atoms with Gasteiger partial charge in [-0.15, -0.1) is 0 Å². The van der Waals surface area contributed by atoms with Gasteiger partial charge in [-0.05, 0) is 32.4 Å². The van der Waals surface area contributed by atoms with E-state index >= 15 is 0 Å². The van der Waals surface area contributed by atoms with Gasteiger partial charge in [0.05, 0.1) is 5.60 Å². The lowest BCUT2D eigenvalue weighted by atomic mass is 9.87. The summed E-state index contributed by atoms with van der Waals surface area (Å²) in [7, 11) is 0. The normalized spacial score (nSPS) is 12.0. The fourth-order valence-corrected chi connectivity index (χ4v) is 2.28. The van der Waals surface area contributed by atoms with E-state index in [1.54, 1.807) is 0 Å². The molecule has 0 saturated heterocycles. The van der Waals surface area contributed by atoms with E-state index in [0.717, 1.165) is 32.4 Å². The maximum atomic E-state index is 10.7. The van der Waals surface area contributed by atoms with Gasteiger partial charge in [0, 0.05) is 0 Å². The number of nitrogens with one attached hydrogen (secondary N) is 1. The van der Waals surface area contributed by atoms with E-state index in [1.165, 1.54) is 38.5 Å². The van der Waals surface area contributed by atoms with Crippen molar-refractivity contribution in [3.63, 3.8) is 0 Å². The standard InChI is InChI=1S/C15H33NO/c1-4-7-9-11-15(17,12-10-8-5-2)13-14-16-6-3/h16-17H,4-14H2,1-3H3. The van der Waals surface area contributed by atoms with Gasteiger partial charge in [0.1, 0.15) is 0 Å². The van der Waals surface area contributed by atoms with E-state index in [2.05, 4.69) is 26.1 Å². The second-order valence-corrected chi connectivity index (χ2v) is 5.24. The van der Waals surface area contributed by atoms with Crippen molar-refractivity contribution in [2.24, 2.45) is 0 Å². The first-order chi connectivity index (χ1) is 8.18. The molecule has 17 heavy (non-hydrogen) atoms. The smallest absolute Gasteiger partial charge is 0.0659 e. The Morgan fingerprint density at radius 1 is 0.824 bits per heavy atom. The maximum Gasteiger partial charge on any atom is 0.0659 e. The lowest BCUT2D eigenvalue weighted by Gasteiger charge is -2.28. The third-order valence-corrected chi connectivity index (χ3v) is 3.51. The van der Waals surface area contributed by atoms with Crippen LogP contribution in [0.1, 0.15) is 78.6 Å². The molecular weight excluding hydrogens is 210 g/mol. The van der Waals surface area contributed by atoms with Gasteiger partial charge in [-0.2, -0.15) is 0 Å². The molecule has 0 spiro atoms. The Labute approximate surface area is 108 Å². The van der Waals surface area contributed by atoms with Crippen molar-refractivity contribution in [1.82, 2.24) is 5.32 Å². The minimum Gasteiger partial charge on any atom is -0.390 e. The van der Waals surface area contributed by atoms with Gasteiger partial charge in [0.2, 0.25) is 0 Å². The molecule has 0 radical (unpaired) electrons. The fraction of sp³-hybridized carbons (Fsp3) is 1.00. The molecule has 0 bridgehead atoms. The van der Waals surface area contributed by atoms with Crippen LogP contribution in [0.4, 0.5) is 0 Å². The number of rotatable bonds is 12. The van der Waals surface area contributed by atoms with Crippen molar-refractivity contribution in [2.45, 2.75) is 84.2 Å². The van der Waals surface area contributed by atoms with Crippen LogP contribution in [0.3, 0.4) is 0 Å². The largest absolute Gasteiger partial charge is 0.390 e. The monoisotopic (exact) mass is 243 g/mol. The molecule has 2 nitrogen and oxygen atoms in total. The van der Waals surface area contributed by atoms with Crippen LogP contribution in [0.15, 0.2) is 0 Å². The number of hydrogen-bond acceptors (Lipinski definition) is 2. The Morgan fingerprint density at radius 2 is 1.35 bits per heavy atom. The molecule has 0 aliphatic carbocycles. The molecule has 0 aromatic rings. The Kier molecular flexibility index (Phi) is 11.0. The van der Waals surface area contributed by atoms with Crippen LogP contribution in [-0.2, 0) is 0 Å². The minimum atomic E-state index is -0.410. The zero-order chi connectivity index (χ0) is 13.0. The lowest BCUT2D eigenvalue weighted by Crippen LogP contribution is -2.33. The maximum absolute atomic E-state index is 10.7. The van der Waals surface area contributed by atoms with Gasteiger partial charge in [-0.1, -0.05) is 59.3 Å². The summed E-state index contributed by atoms with van der Waals surface area (Å²) >= 11 is 0. The van der Waals surface area contributed by atoms with E-state index < -0.39 is 5.60 Å². The summed E-state index contributed by atoms with van der Waals surface area (Å²) in [5, 5.41) is 14.0. The summed E-state index contributed by atoms with van der Waals surface area (Å²) in [6.45, 7) is 8.50. The van der Waals surface area contributed by atoms with Crippen LogP contribution in [0.25, 0.3) is 0 Å². The average Bonchev–Trinajstić information content (AvgIpc) is 2.30. The Bertz CT molecular complexity index is 132. The molecular formula is C15H33NO. The SMILES string of the molecule is CCCCCC(O)(CCCCC)CCNCC. The van der Waals surface area contributed by atoms with Gasteiger partial charge < -0.3 is 10.4 Å². The predicted octanol–water partition coefficient (Wildman–Crippen LogP) is 3.88. The van der Waals surface area contributed by atoms with Crippen molar-refractivity contribution in [1.29, 1.82) is 0 Å². The van der Waals surface area contributed by atoms with E-state index in [1.807, 2.05) is 0 Å². The molecule has 0 aliphatic heterocycles. The predicted molar refractivity (Wildman–Crippen MR) is 76.4 cm³/mol. The molecule has 0 saturated carbocycles. The van der Waals surface area contributed by atoms with Crippen molar-refractivity contribution < 1.29 is 5.11 Å². The van der Waals surface area contributed by atoms with Crippen LogP contribution in [0.5, 0.6) is 0 Å². The van der Waals surface area contributed by atoms with E-state index in [9.17, 15) is 5.11 Å². The fourth-order valence-electron chi connectivity index (χ4n) is 2.28. The second kappa shape index (κ2) is 11.0. The summed E-state index contributed by atoms with van der Waals surface area (Å²) in [5.74, 6) is 0. The molecule has 0 aliphatic rings. The number of aliphatic hydroxyl groups is 1. The van der Waals surface area contributed by atoms with Crippen molar-refractivity contribution in [2.75, 3.05) is 13.1 Å². The Morgan fingerprint density at radius 3 is 1.76 bits per heavy atom. The highest BCUT2D eigenvalue weighted by Gasteiger charge is 2.24. The summed E-state index contributed by atoms with van der Waals surface area (Å²) in [6, 6.07) is 0. The first-order valence-electron chi connectivity index (χ1n) is 7.61. The van der Waals surface area contributed by atoms with E-state index in [4.69, 9.17) is 0 Å². The van der Waals surface area contributed by atoms with Gasteiger partial charge in [0.25, 0.3) is 0 Å². The van der Waals surface area contributed by atoms with Crippen molar-refractivity contribution in [3.05, 3.63) is 0 Å². The Hall–Kier alpha value is -0.0800. The zero-order valence-electron chi connectivity index (χ0n) is 12.2. The molecule has 0 atom stereocenters. The highest BCUT2D eigenvalue weighted by Crippen LogP contribution is 2.25. The molecule has 2 heteroatoms. The third kappa shape index (κ3) is 9.61. The molecule has 2 N–H and O–H groups in total. The van der Waals surface area contributed by atoms with Gasteiger partial charge >= 0.3 is 0 Å². The summed E-state index contributed by atoms with van der Waals surface area (Å²) < 4.78 is 0. The molecule has 0 rings (SSSR count). The number of unbranched alkanes of at least 4 members (excludes halogenated alkanes) is 4. The van der Waals surface area contributed by atoms with Gasteiger partial charge in [-0.25, -0.2) is 0 Å². The Balaban J connectivity index is 3.95. The molecule has 0 unspecified atom stereocenters. The quantitative estimate of drug-likeness (QED) is 0.510. The zero-order valence-corrected chi connectivity index (χ0v) is 12.2. The molecule has 0 fully saturated rings. The van der Waals surface area contributed by atoms with E-state index in [0.29, 0.717) is 0 Å². The first-order valence-corrected chi connectivity index (χ1v) is 7.61. The molecule has 0 aromatic heterocycles. The lowest BCUT2D eigenvalue weighted by molar-refractivity contribution is 0.0102. The third-order valence-electron chi connectivity index (χ3n) is 3.51. The van der Waals surface area contributed by atoms with Crippen molar-refractivity contribution in [3.8, 4) is 0 Å². The molecule has 104 valence electrons. The van der Waals surface area contributed by atoms with Gasteiger partial charge in [0.15, 0.2) is 0 Å². The highest BCUT2D eigenvalue weighted by molar-refractivity contribution is 4.79. The summed E-state index contributed by atoms with van der Waals surface area (Å²) in [4.78, 5) is 0. The van der Waals surface area contributed by atoms with Crippen LogP contribution in [-0.4, -0.2) is 23.8 Å². The second-order valence-electron chi connectivity index (χ2n) is 5.24. The van der Waals surface area contributed by atoms with Gasteiger partial charge in [-0.3, -0.25) is 0 Å². The summed E-state index contributed by atoms with van der Waals surface area (Å²) in [6.07, 6.45) is 10.2. The van der Waals surface area contributed by atoms with Crippen LogP contribution >= 0.6 is 0 Å². The molecule has 0 aromatic carbocycles. The van der Waals surface area contributed by atoms with Crippen LogP contribution < -0.4 is 5.32 Å². The molecule has 0 amide bonds. The van der Waals surface area contributed by atoms with Crippen molar-refractivity contribution >= 4 is 0 Å². The summed E-state index contributed by atoms with van der Waals surface area (Å²) in [5.41, 5.74) is -0.410. The first kappa shape index (κ1) is 16.9. The van der Waals surface area contributed by atoms with E-state index in [-0.39, 0.29) is 0 Å². The minimum absolute atomic E-state index is 0.410. The average molecular weight is 243 g/mol. The topological polar surface area (TPSA) is 32.3 Å². The molecule has 0 heterocycles. The highest BCUT2D eigenvalue weighted by atomic mass is 16.3. The van der Waals surface area contributed by atoms with Crippen LogP contribution in [0.2, 0.25) is 0 Å². The van der Waals surface area contributed by atoms with Crippen LogP contribution in [0, 0.1) is 0 Å². The number of hydrogen-bond donors (Lipinski definition) is 2.